The number of fused-ring (bicyclic) bond motifs is 4. The number of nitrogens with one attached hydrogen (secondary N) is 2. The molecule has 7 rings (SSSR count). The van der Waals surface area contributed by atoms with Gasteiger partial charge < -0.3 is 10.4 Å². The Hall–Kier alpha value is -3.88. The van der Waals surface area contributed by atoms with Crippen molar-refractivity contribution in [3.63, 3.8) is 0 Å². The van der Waals surface area contributed by atoms with Crippen molar-refractivity contribution < 1.29 is 18.7 Å². The van der Waals surface area contributed by atoms with E-state index in [1.165, 1.54) is 6.07 Å². The highest BCUT2D eigenvalue weighted by Crippen LogP contribution is 2.46. The molecule has 2 heterocycles. The number of carbonyl (C=O) groups is 1. The molecule has 3 aliphatic rings. The molecule has 3 N–H and O–H groups in total. The van der Waals surface area contributed by atoms with Gasteiger partial charge in [-0.15, -0.1) is 0 Å². The van der Waals surface area contributed by atoms with Gasteiger partial charge in [-0.3, -0.25) is 9.89 Å². The number of carboxylic acid groups (broad SMARTS) is 1. The van der Waals surface area contributed by atoms with Crippen molar-refractivity contribution in [2.24, 2.45) is 17.8 Å². The van der Waals surface area contributed by atoms with Crippen LogP contribution < -0.4 is 5.32 Å². The molecule has 3 saturated carbocycles. The maximum Gasteiger partial charge on any atom is 0.308 e. The minimum absolute atomic E-state index is 0.000143. The summed E-state index contributed by atoms with van der Waals surface area (Å²) < 4.78 is 28.3. The van der Waals surface area contributed by atoms with Crippen LogP contribution in [0.1, 0.15) is 25.7 Å². The van der Waals surface area contributed by atoms with E-state index < -0.39 is 23.5 Å². The Bertz CT molecular complexity index is 1420. The molecule has 0 radical (unpaired) electrons. The summed E-state index contributed by atoms with van der Waals surface area (Å²) in [7, 11) is 0. The van der Waals surface area contributed by atoms with Gasteiger partial charge in [-0.1, -0.05) is 30.3 Å². The minimum atomic E-state index is -0.792. The third kappa shape index (κ3) is 3.80. The van der Waals surface area contributed by atoms with Gasteiger partial charge >= 0.3 is 5.97 Å². The summed E-state index contributed by atoms with van der Waals surface area (Å²) in [5.74, 6) is -1.70. The van der Waals surface area contributed by atoms with Crippen LogP contribution in [0.2, 0.25) is 0 Å². The van der Waals surface area contributed by atoms with Crippen LogP contribution in [0.4, 0.5) is 14.6 Å². The summed E-state index contributed by atoms with van der Waals surface area (Å²) in [5, 5.41) is 20.4. The number of benzene rings is 2. The molecule has 2 unspecified atom stereocenters. The van der Waals surface area contributed by atoms with Crippen LogP contribution in [0.5, 0.6) is 0 Å². The molecular weight excluding hydrogens is 452 g/mol. The Morgan fingerprint density at radius 3 is 2.49 bits per heavy atom. The van der Waals surface area contributed by atoms with E-state index in [2.05, 4.69) is 25.5 Å². The number of anilines is 1. The number of hydrogen-bond acceptors (Lipinski definition) is 5. The summed E-state index contributed by atoms with van der Waals surface area (Å²) >= 11 is 0. The highest BCUT2D eigenvalue weighted by Gasteiger charge is 2.47. The fraction of sp³-hybridized carbons (Fsp3) is 0.308. The molecule has 7 nitrogen and oxygen atoms in total. The third-order valence-corrected chi connectivity index (χ3v) is 7.42. The van der Waals surface area contributed by atoms with Crippen molar-refractivity contribution in [1.82, 2.24) is 20.2 Å². The Kier molecular flexibility index (Phi) is 5.20. The summed E-state index contributed by atoms with van der Waals surface area (Å²) in [4.78, 5) is 21.5. The van der Waals surface area contributed by atoms with Gasteiger partial charge in [-0.2, -0.15) is 5.10 Å². The average Bonchev–Trinajstić information content (AvgIpc) is 3.29. The second kappa shape index (κ2) is 8.41. The van der Waals surface area contributed by atoms with Crippen molar-refractivity contribution >= 4 is 22.7 Å². The fourth-order valence-electron chi connectivity index (χ4n) is 5.79. The number of aromatic amines is 1. The Morgan fingerprint density at radius 1 is 1.00 bits per heavy atom. The van der Waals surface area contributed by atoms with Crippen molar-refractivity contribution in [3.05, 3.63) is 60.2 Å². The Labute approximate surface area is 199 Å². The SMILES string of the molecule is O=C(O)C1C2CCC(CC2)C1Nc1cc(-c2ccccc2)nc(-c2[nH]nc3c(F)cc(F)cc23)n1. The van der Waals surface area contributed by atoms with E-state index in [4.69, 9.17) is 0 Å². The van der Waals surface area contributed by atoms with E-state index >= 15 is 0 Å². The first kappa shape index (κ1) is 21.6. The quantitative estimate of drug-likeness (QED) is 0.364. The molecule has 0 spiro atoms. The molecule has 0 saturated heterocycles. The number of aliphatic carboxylic acids is 1. The molecule has 35 heavy (non-hydrogen) atoms. The van der Waals surface area contributed by atoms with E-state index in [9.17, 15) is 18.7 Å². The van der Waals surface area contributed by atoms with E-state index in [0.717, 1.165) is 37.3 Å². The fourth-order valence-corrected chi connectivity index (χ4v) is 5.79. The van der Waals surface area contributed by atoms with Gasteiger partial charge in [-0.25, -0.2) is 18.7 Å². The van der Waals surface area contributed by atoms with Gasteiger partial charge in [0.1, 0.15) is 22.8 Å². The van der Waals surface area contributed by atoms with E-state index in [-0.39, 0.29) is 34.6 Å². The topological polar surface area (TPSA) is 104 Å². The molecule has 4 aromatic rings. The van der Waals surface area contributed by atoms with Gasteiger partial charge in [-0.05, 0) is 43.6 Å². The molecule has 2 aromatic heterocycles. The number of nitrogens with zero attached hydrogens (tertiary/aromatic N) is 3. The van der Waals surface area contributed by atoms with Crippen molar-refractivity contribution in [1.29, 1.82) is 0 Å². The molecule has 0 amide bonds. The predicted molar refractivity (Wildman–Crippen MR) is 126 cm³/mol. The van der Waals surface area contributed by atoms with E-state index in [0.29, 0.717) is 17.2 Å². The molecular formula is C26H23F2N5O2. The molecule has 9 heteroatoms. The zero-order valence-corrected chi connectivity index (χ0v) is 18.7. The number of hydrogen-bond donors (Lipinski definition) is 3. The maximum atomic E-state index is 14.3. The van der Waals surface area contributed by atoms with Gasteiger partial charge in [0.15, 0.2) is 11.6 Å². The smallest absolute Gasteiger partial charge is 0.308 e. The van der Waals surface area contributed by atoms with Crippen LogP contribution in [0.15, 0.2) is 48.5 Å². The van der Waals surface area contributed by atoms with Crippen molar-refractivity contribution in [3.8, 4) is 22.8 Å². The van der Waals surface area contributed by atoms with Crippen LogP contribution in [-0.4, -0.2) is 37.3 Å². The van der Waals surface area contributed by atoms with Crippen LogP contribution in [0, 0.1) is 29.4 Å². The van der Waals surface area contributed by atoms with Crippen molar-refractivity contribution in [2.75, 3.05) is 5.32 Å². The van der Waals surface area contributed by atoms with Crippen LogP contribution in [0.3, 0.4) is 0 Å². The molecule has 2 bridgehead atoms. The highest BCUT2D eigenvalue weighted by molar-refractivity contribution is 5.92. The van der Waals surface area contributed by atoms with E-state index in [1.807, 2.05) is 30.3 Å². The molecule has 178 valence electrons. The minimum Gasteiger partial charge on any atom is -0.481 e. The summed E-state index contributed by atoms with van der Waals surface area (Å²) in [6.07, 6.45) is 3.83. The normalized spacial score (nSPS) is 23.5. The zero-order valence-electron chi connectivity index (χ0n) is 18.7. The first-order chi connectivity index (χ1) is 17.0. The monoisotopic (exact) mass is 475 g/mol. The van der Waals surface area contributed by atoms with Crippen LogP contribution >= 0.6 is 0 Å². The highest BCUT2D eigenvalue weighted by atomic mass is 19.1. The predicted octanol–water partition coefficient (Wildman–Crippen LogP) is 5.27. The van der Waals surface area contributed by atoms with Crippen molar-refractivity contribution in [2.45, 2.75) is 31.7 Å². The Balaban J connectivity index is 1.47. The van der Waals surface area contributed by atoms with Crippen LogP contribution in [0.25, 0.3) is 33.7 Å². The summed E-state index contributed by atoms with van der Waals surface area (Å²) in [5.41, 5.74) is 1.73. The number of carboxylic acids is 1. The third-order valence-electron chi connectivity index (χ3n) is 7.42. The lowest BCUT2D eigenvalue weighted by Crippen LogP contribution is -2.51. The first-order valence-electron chi connectivity index (χ1n) is 11.8. The first-order valence-corrected chi connectivity index (χ1v) is 11.8. The Morgan fingerprint density at radius 2 is 1.74 bits per heavy atom. The maximum absolute atomic E-state index is 14.3. The molecule has 3 aliphatic carbocycles. The van der Waals surface area contributed by atoms with Gasteiger partial charge in [0.2, 0.25) is 0 Å². The standard InChI is InChI=1S/C26H23F2N5O2/c27-16-10-17-23(18(28)11-16)32-33-24(17)25-29-19(13-4-2-1-3-5-13)12-20(31-25)30-22-15-8-6-14(7-9-15)21(22)26(34)35/h1-5,10-12,14-15,21-22H,6-9H2,(H,32,33)(H,34,35)(H,29,30,31). The number of aromatic nitrogens is 4. The van der Waals surface area contributed by atoms with Gasteiger partial charge in [0.05, 0.1) is 11.6 Å². The molecule has 2 aromatic carbocycles. The lowest BCUT2D eigenvalue weighted by molar-refractivity contribution is -0.148. The summed E-state index contributed by atoms with van der Waals surface area (Å²) in [6.45, 7) is 0. The second-order valence-corrected chi connectivity index (χ2v) is 9.42. The van der Waals surface area contributed by atoms with Crippen LogP contribution in [-0.2, 0) is 4.79 Å². The number of rotatable bonds is 5. The van der Waals surface area contributed by atoms with Gasteiger partial charge in [0, 0.05) is 29.1 Å². The van der Waals surface area contributed by atoms with Gasteiger partial charge in [0.25, 0.3) is 0 Å². The molecule has 3 fully saturated rings. The van der Waals surface area contributed by atoms with E-state index in [1.54, 1.807) is 6.07 Å². The average molecular weight is 475 g/mol. The second-order valence-electron chi connectivity index (χ2n) is 9.42. The zero-order chi connectivity index (χ0) is 24.1. The molecule has 0 aliphatic heterocycles. The summed E-state index contributed by atoms with van der Waals surface area (Å²) in [6, 6.07) is 13.0. The largest absolute Gasteiger partial charge is 0.481 e. The number of H-pyrrole nitrogens is 1. The molecule has 2 atom stereocenters. The lowest BCUT2D eigenvalue weighted by atomic mass is 9.61. The lowest BCUT2D eigenvalue weighted by Gasteiger charge is -2.47. The number of halogens is 2.